The number of nitrogens with zero attached hydrogens (tertiary/aromatic N) is 2. The Labute approximate surface area is 106 Å². The lowest BCUT2D eigenvalue weighted by Gasteiger charge is -2.10. The van der Waals surface area contributed by atoms with Gasteiger partial charge in [0.1, 0.15) is 5.82 Å². The number of rotatable bonds is 5. The third-order valence-corrected chi connectivity index (χ3v) is 2.35. The van der Waals surface area contributed by atoms with Gasteiger partial charge in [-0.25, -0.2) is 4.98 Å². The van der Waals surface area contributed by atoms with Crippen molar-refractivity contribution in [2.75, 3.05) is 33.0 Å². The lowest BCUT2D eigenvalue weighted by atomic mass is 10.2. The van der Waals surface area contributed by atoms with Crippen molar-refractivity contribution in [3.8, 4) is 0 Å². The molecule has 6 nitrogen and oxygen atoms in total. The van der Waals surface area contributed by atoms with E-state index in [1.165, 1.54) is 11.1 Å². The lowest BCUT2D eigenvalue weighted by Crippen LogP contribution is -2.22. The minimum atomic E-state index is -0.0839. The molecule has 0 aliphatic rings. The van der Waals surface area contributed by atoms with Crippen molar-refractivity contribution in [3.63, 3.8) is 0 Å². The third kappa shape index (κ3) is 4.04. The molecule has 6 heteroatoms. The van der Waals surface area contributed by atoms with Gasteiger partial charge in [0.25, 0.3) is 5.91 Å². The molecule has 0 aliphatic carbocycles. The molecule has 18 heavy (non-hydrogen) atoms. The fourth-order valence-electron chi connectivity index (χ4n) is 1.31. The molecule has 0 aliphatic heterocycles. The third-order valence-electron chi connectivity index (χ3n) is 2.35. The van der Waals surface area contributed by atoms with Crippen molar-refractivity contribution in [2.24, 2.45) is 0 Å². The van der Waals surface area contributed by atoms with E-state index in [4.69, 9.17) is 0 Å². The van der Waals surface area contributed by atoms with Gasteiger partial charge in [-0.1, -0.05) is 0 Å². The van der Waals surface area contributed by atoms with Crippen molar-refractivity contribution < 1.29 is 9.59 Å². The van der Waals surface area contributed by atoms with E-state index in [1.54, 1.807) is 33.3 Å². The number of nitrogens with one attached hydrogen (secondary N) is 2. The normalized spacial score (nSPS) is 9.72. The summed E-state index contributed by atoms with van der Waals surface area (Å²) in [7, 11) is 4.98. The minimum Gasteiger partial charge on any atom is -0.370 e. The topological polar surface area (TPSA) is 74.3 Å². The Kier molecular flexibility index (Phi) is 5.10. The zero-order chi connectivity index (χ0) is 13.5. The molecule has 0 bridgehead atoms. The van der Waals surface area contributed by atoms with Gasteiger partial charge >= 0.3 is 0 Å². The number of aromatic nitrogens is 1. The van der Waals surface area contributed by atoms with E-state index in [9.17, 15) is 9.59 Å². The average Bonchev–Trinajstić information content (AvgIpc) is 2.38. The van der Waals surface area contributed by atoms with Crippen LogP contribution in [0.15, 0.2) is 18.3 Å². The Morgan fingerprint density at radius 1 is 1.33 bits per heavy atom. The Bertz CT molecular complexity index is 415. The van der Waals surface area contributed by atoms with Crippen LogP contribution < -0.4 is 10.6 Å². The summed E-state index contributed by atoms with van der Waals surface area (Å²) >= 11 is 0. The van der Waals surface area contributed by atoms with Gasteiger partial charge in [-0.05, 0) is 12.1 Å². The molecule has 1 aromatic rings. The molecule has 0 fully saturated rings. The van der Waals surface area contributed by atoms with Gasteiger partial charge in [0.2, 0.25) is 5.91 Å². The number of carbonyl (C=O) groups excluding carboxylic acids is 2. The van der Waals surface area contributed by atoms with Gasteiger partial charge in [0.05, 0.1) is 5.56 Å². The quantitative estimate of drug-likeness (QED) is 0.790. The second-order valence-electron chi connectivity index (χ2n) is 3.98. The van der Waals surface area contributed by atoms with Crippen LogP contribution in [-0.4, -0.2) is 49.4 Å². The minimum absolute atomic E-state index is 0.0260. The number of pyridine rings is 1. The van der Waals surface area contributed by atoms with Crippen molar-refractivity contribution in [1.82, 2.24) is 15.2 Å². The smallest absolute Gasteiger partial charge is 0.254 e. The standard InChI is InChI=1S/C12H18N4O2/c1-13-11(17)6-7-14-10-5-4-9(8-15-10)12(18)16(2)3/h4-5,8H,6-7H2,1-3H3,(H,13,17)(H,14,15). The van der Waals surface area contributed by atoms with Crippen LogP contribution in [0.5, 0.6) is 0 Å². The van der Waals surface area contributed by atoms with Gasteiger partial charge in [-0.3, -0.25) is 9.59 Å². The molecule has 1 heterocycles. The molecule has 1 rings (SSSR count). The molecule has 0 spiro atoms. The van der Waals surface area contributed by atoms with Crippen LogP contribution in [0.2, 0.25) is 0 Å². The lowest BCUT2D eigenvalue weighted by molar-refractivity contribution is -0.120. The van der Waals surface area contributed by atoms with Crippen LogP contribution in [-0.2, 0) is 4.79 Å². The Morgan fingerprint density at radius 2 is 2.06 bits per heavy atom. The molecular formula is C12H18N4O2. The van der Waals surface area contributed by atoms with E-state index in [1.807, 2.05) is 0 Å². The number of anilines is 1. The summed E-state index contributed by atoms with van der Waals surface area (Å²) in [5.74, 6) is 0.538. The Hall–Kier alpha value is -2.11. The van der Waals surface area contributed by atoms with Crippen LogP contribution in [0.25, 0.3) is 0 Å². The molecular weight excluding hydrogens is 232 g/mol. The first-order valence-corrected chi connectivity index (χ1v) is 5.66. The Balaban J connectivity index is 2.50. The molecule has 0 aromatic carbocycles. The van der Waals surface area contributed by atoms with Gasteiger partial charge in [0, 0.05) is 40.3 Å². The molecule has 98 valence electrons. The van der Waals surface area contributed by atoms with Crippen LogP contribution in [0.4, 0.5) is 5.82 Å². The van der Waals surface area contributed by atoms with E-state index in [0.29, 0.717) is 24.3 Å². The fourth-order valence-corrected chi connectivity index (χ4v) is 1.31. The maximum absolute atomic E-state index is 11.6. The van der Waals surface area contributed by atoms with Crippen molar-refractivity contribution >= 4 is 17.6 Å². The number of hydrogen-bond acceptors (Lipinski definition) is 4. The summed E-state index contributed by atoms with van der Waals surface area (Å²) in [5.41, 5.74) is 0.539. The van der Waals surface area contributed by atoms with E-state index in [-0.39, 0.29) is 11.8 Å². The number of carbonyl (C=O) groups is 2. The summed E-state index contributed by atoms with van der Waals surface area (Å²) in [6.07, 6.45) is 1.90. The van der Waals surface area contributed by atoms with Crippen molar-refractivity contribution in [3.05, 3.63) is 23.9 Å². The molecule has 0 atom stereocenters. The van der Waals surface area contributed by atoms with Crippen molar-refractivity contribution in [2.45, 2.75) is 6.42 Å². The van der Waals surface area contributed by atoms with E-state index in [2.05, 4.69) is 15.6 Å². The zero-order valence-electron chi connectivity index (χ0n) is 10.9. The van der Waals surface area contributed by atoms with Gasteiger partial charge in [-0.15, -0.1) is 0 Å². The van der Waals surface area contributed by atoms with E-state index in [0.717, 1.165) is 0 Å². The zero-order valence-corrected chi connectivity index (χ0v) is 10.9. The molecule has 1 aromatic heterocycles. The molecule has 2 amide bonds. The fraction of sp³-hybridized carbons (Fsp3) is 0.417. The highest BCUT2D eigenvalue weighted by Crippen LogP contribution is 2.06. The maximum Gasteiger partial charge on any atom is 0.254 e. The number of hydrogen-bond donors (Lipinski definition) is 2. The van der Waals surface area contributed by atoms with Crippen LogP contribution >= 0.6 is 0 Å². The van der Waals surface area contributed by atoms with E-state index < -0.39 is 0 Å². The Morgan fingerprint density at radius 3 is 2.56 bits per heavy atom. The second-order valence-corrected chi connectivity index (χ2v) is 3.98. The molecule has 2 N–H and O–H groups in total. The SMILES string of the molecule is CNC(=O)CCNc1ccc(C(=O)N(C)C)cn1. The predicted octanol–water partition coefficient (Wildman–Crippen LogP) is 0.331. The first-order valence-electron chi connectivity index (χ1n) is 5.66. The first kappa shape index (κ1) is 14.0. The first-order chi connectivity index (χ1) is 8.54. The second kappa shape index (κ2) is 6.58. The summed E-state index contributed by atoms with van der Waals surface area (Å²) < 4.78 is 0. The highest BCUT2D eigenvalue weighted by atomic mass is 16.2. The summed E-state index contributed by atoms with van der Waals surface area (Å²) in [5, 5.41) is 5.55. The summed E-state index contributed by atoms with van der Waals surface area (Å²) in [4.78, 5) is 28.2. The summed E-state index contributed by atoms with van der Waals surface area (Å²) in [6, 6.07) is 3.43. The van der Waals surface area contributed by atoms with Crippen LogP contribution in [0.1, 0.15) is 16.8 Å². The average molecular weight is 250 g/mol. The van der Waals surface area contributed by atoms with Gasteiger partial charge < -0.3 is 15.5 Å². The maximum atomic E-state index is 11.6. The van der Waals surface area contributed by atoms with Crippen LogP contribution in [0, 0.1) is 0 Å². The molecule has 0 saturated carbocycles. The predicted molar refractivity (Wildman–Crippen MR) is 69.4 cm³/mol. The molecule has 0 saturated heterocycles. The largest absolute Gasteiger partial charge is 0.370 e. The highest BCUT2D eigenvalue weighted by Gasteiger charge is 2.07. The van der Waals surface area contributed by atoms with Crippen molar-refractivity contribution in [1.29, 1.82) is 0 Å². The highest BCUT2D eigenvalue weighted by molar-refractivity contribution is 5.93. The molecule has 0 radical (unpaired) electrons. The monoisotopic (exact) mass is 250 g/mol. The number of amides is 2. The van der Waals surface area contributed by atoms with Crippen LogP contribution in [0.3, 0.4) is 0 Å². The van der Waals surface area contributed by atoms with E-state index >= 15 is 0 Å². The van der Waals surface area contributed by atoms with Gasteiger partial charge in [0.15, 0.2) is 0 Å². The molecule has 0 unspecified atom stereocenters. The summed E-state index contributed by atoms with van der Waals surface area (Å²) in [6.45, 7) is 0.508. The van der Waals surface area contributed by atoms with Gasteiger partial charge in [-0.2, -0.15) is 0 Å².